The number of anilines is 1. The fourth-order valence-corrected chi connectivity index (χ4v) is 2.77. The molecule has 0 heterocycles. The van der Waals surface area contributed by atoms with Gasteiger partial charge < -0.3 is 10.6 Å². The molecule has 120 valence electrons. The summed E-state index contributed by atoms with van der Waals surface area (Å²) in [6, 6.07) is 14.1. The summed E-state index contributed by atoms with van der Waals surface area (Å²) in [7, 11) is -1.25. The van der Waals surface area contributed by atoms with Crippen LogP contribution in [0.4, 0.5) is 10.1 Å². The number of hydrogen-bond donors (Lipinski definition) is 2. The number of nitrogens with one attached hydrogen (secondary N) is 2. The lowest BCUT2D eigenvalue weighted by atomic mass is 10.3. The Labute approximate surface area is 135 Å². The highest BCUT2D eigenvalue weighted by atomic mass is 32.2. The number of hydrogen-bond acceptors (Lipinski definition) is 3. The van der Waals surface area contributed by atoms with Gasteiger partial charge in [0.2, 0.25) is 0 Å². The first-order chi connectivity index (χ1) is 11.1. The van der Waals surface area contributed by atoms with Gasteiger partial charge in [-0.2, -0.15) is 0 Å². The van der Waals surface area contributed by atoms with Crippen molar-refractivity contribution in [1.29, 1.82) is 0 Å². The molecule has 2 aromatic carbocycles. The third kappa shape index (κ3) is 5.30. The van der Waals surface area contributed by atoms with Gasteiger partial charge in [-0.25, -0.2) is 4.39 Å². The second kappa shape index (κ2) is 8.19. The van der Waals surface area contributed by atoms with Gasteiger partial charge >= 0.3 is 11.8 Å². The summed E-state index contributed by atoms with van der Waals surface area (Å²) in [5.41, 5.74) is 0.193. The maximum Gasteiger partial charge on any atom is 0.313 e. The average molecular weight is 334 g/mol. The Bertz CT molecular complexity index is 722. The smallest absolute Gasteiger partial charge is 0.313 e. The molecule has 0 aliphatic carbocycles. The standard InChI is InChI=1S/C16H15FN2O3S/c17-12-5-4-6-13(11-12)19-16(21)15(20)18-9-10-23(22)14-7-2-1-3-8-14/h1-8,11H,9-10H2,(H,18,20)(H,19,21)/t23-/m0/s1. The molecule has 0 fully saturated rings. The van der Waals surface area contributed by atoms with Crippen molar-refractivity contribution < 1.29 is 18.2 Å². The van der Waals surface area contributed by atoms with E-state index in [1.807, 2.05) is 6.07 Å². The minimum absolute atomic E-state index is 0.0942. The van der Waals surface area contributed by atoms with Gasteiger partial charge in [-0.1, -0.05) is 24.3 Å². The Morgan fingerprint density at radius 1 is 1.00 bits per heavy atom. The first-order valence-electron chi connectivity index (χ1n) is 6.84. The van der Waals surface area contributed by atoms with Crippen LogP contribution in [0.15, 0.2) is 59.5 Å². The van der Waals surface area contributed by atoms with Crippen molar-refractivity contribution in [2.75, 3.05) is 17.6 Å². The molecule has 2 rings (SSSR count). The lowest BCUT2D eigenvalue weighted by molar-refractivity contribution is -0.136. The highest BCUT2D eigenvalue weighted by Gasteiger charge is 2.14. The maximum absolute atomic E-state index is 13.0. The molecule has 0 radical (unpaired) electrons. The van der Waals surface area contributed by atoms with E-state index in [4.69, 9.17) is 0 Å². The third-order valence-electron chi connectivity index (χ3n) is 2.87. The maximum atomic E-state index is 13.0. The summed E-state index contributed by atoms with van der Waals surface area (Å²) in [5.74, 6) is -2.08. The van der Waals surface area contributed by atoms with E-state index in [9.17, 15) is 18.2 Å². The minimum atomic E-state index is -1.25. The van der Waals surface area contributed by atoms with Crippen molar-refractivity contribution in [3.8, 4) is 0 Å². The van der Waals surface area contributed by atoms with Crippen LogP contribution in [-0.2, 0) is 20.4 Å². The van der Waals surface area contributed by atoms with Crippen LogP contribution >= 0.6 is 0 Å². The van der Waals surface area contributed by atoms with Crippen molar-refractivity contribution in [2.24, 2.45) is 0 Å². The largest absolute Gasteiger partial charge is 0.347 e. The van der Waals surface area contributed by atoms with E-state index < -0.39 is 28.4 Å². The zero-order valence-electron chi connectivity index (χ0n) is 12.1. The number of amides is 2. The molecule has 0 aromatic heterocycles. The zero-order chi connectivity index (χ0) is 16.7. The van der Waals surface area contributed by atoms with E-state index >= 15 is 0 Å². The number of benzene rings is 2. The number of carbonyl (C=O) groups excluding carboxylic acids is 2. The minimum Gasteiger partial charge on any atom is -0.347 e. The first-order valence-corrected chi connectivity index (χ1v) is 8.16. The van der Waals surface area contributed by atoms with Gasteiger partial charge in [-0.15, -0.1) is 0 Å². The fraction of sp³-hybridized carbons (Fsp3) is 0.125. The molecule has 2 amide bonds. The summed E-state index contributed by atoms with van der Waals surface area (Å²) in [4.78, 5) is 23.9. The highest BCUT2D eigenvalue weighted by molar-refractivity contribution is 7.85. The Morgan fingerprint density at radius 2 is 1.74 bits per heavy atom. The Hall–Kier alpha value is -2.54. The molecule has 0 aliphatic rings. The van der Waals surface area contributed by atoms with Crippen LogP contribution in [0.3, 0.4) is 0 Å². The second-order valence-corrected chi connectivity index (χ2v) is 6.15. The SMILES string of the molecule is O=C(NCC[S@](=O)c1ccccc1)C(=O)Nc1cccc(F)c1. The van der Waals surface area contributed by atoms with Gasteiger partial charge in [-0.05, 0) is 30.3 Å². The molecule has 2 aromatic rings. The van der Waals surface area contributed by atoms with Crippen LogP contribution in [0.25, 0.3) is 0 Å². The summed E-state index contributed by atoms with van der Waals surface area (Å²) in [5, 5.41) is 4.67. The molecule has 2 N–H and O–H groups in total. The quantitative estimate of drug-likeness (QED) is 0.817. The molecule has 7 heteroatoms. The average Bonchev–Trinajstić information content (AvgIpc) is 2.55. The van der Waals surface area contributed by atoms with Crippen molar-refractivity contribution in [3.05, 3.63) is 60.4 Å². The predicted octanol–water partition coefficient (Wildman–Crippen LogP) is 1.69. The molecule has 0 aliphatic heterocycles. The summed E-state index contributed by atoms with van der Waals surface area (Å²) in [6.07, 6.45) is 0. The normalized spacial score (nSPS) is 11.5. The molecular formula is C16H15FN2O3S. The van der Waals surface area contributed by atoms with Crippen LogP contribution in [0.5, 0.6) is 0 Å². The Balaban J connectivity index is 1.78. The summed E-state index contributed by atoms with van der Waals surface area (Å²) >= 11 is 0. The van der Waals surface area contributed by atoms with E-state index in [-0.39, 0.29) is 18.0 Å². The molecule has 0 saturated carbocycles. The molecule has 0 bridgehead atoms. The van der Waals surface area contributed by atoms with Crippen LogP contribution < -0.4 is 10.6 Å². The van der Waals surface area contributed by atoms with Gasteiger partial charge in [0.1, 0.15) is 5.82 Å². The lowest BCUT2D eigenvalue weighted by Crippen LogP contribution is -2.37. The lowest BCUT2D eigenvalue weighted by Gasteiger charge is -2.07. The van der Waals surface area contributed by atoms with Gasteiger partial charge in [0.05, 0.1) is 10.8 Å². The van der Waals surface area contributed by atoms with Crippen LogP contribution in [0.2, 0.25) is 0 Å². The van der Waals surface area contributed by atoms with Crippen LogP contribution in [0.1, 0.15) is 0 Å². The number of carbonyl (C=O) groups is 2. The van der Waals surface area contributed by atoms with Crippen molar-refractivity contribution in [2.45, 2.75) is 4.90 Å². The zero-order valence-corrected chi connectivity index (χ0v) is 12.9. The molecule has 0 unspecified atom stereocenters. The van der Waals surface area contributed by atoms with Gasteiger partial charge in [0.25, 0.3) is 0 Å². The van der Waals surface area contributed by atoms with Crippen molar-refractivity contribution in [1.82, 2.24) is 5.32 Å². The monoisotopic (exact) mass is 334 g/mol. The van der Waals surface area contributed by atoms with E-state index in [0.29, 0.717) is 4.90 Å². The molecule has 23 heavy (non-hydrogen) atoms. The van der Waals surface area contributed by atoms with Crippen molar-refractivity contribution in [3.63, 3.8) is 0 Å². The highest BCUT2D eigenvalue weighted by Crippen LogP contribution is 2.08. The summed E-state index contributed by atoms with van der Waals surface area (Å²) in [6.45, 7) is 0.0942. The molecule has 0 spiro atoms. The topological polar surface area (TPSA) is 75.3 Å². The Morgan fingerprint density at radius 3 is 2.43 bits per heavy atom. The van der Waals surface area contributed by atoms with Crippen LogP contribution in [0, 0.1) is 5.82 Å². The number of halogens is 1. The van der Waals surface area contributed by atoms with Gasteiger partial charge in [-0.3, -0.25) is 13.8 Å². The van der Waals surface area contributed by atoms with E-state index in [1.165, 1.54) is 18.2 Å². The van der Waals surface area contributed by atoms with E-state index in [2.05, 4.69) is 10.6 Å². The molecule has 5 nitrogen and oxygen atoms in total. The second-order valence-electron chi connectivity index (χ2n) is 4.58. The van der Waals surface area contributed by atoms with E-state index in [1.54, 1.807) is 24.3 Å². The fourth-order valence-electron chi connectivity index (χ4n) is 1.78. The number of rotatable bonds is 5. The molecule has 1 atom stereocenters. The Kier molecular flexibility index (Phi) is 5.99. The van der Waals surface area contributed by atoms with Gasteiger partial charge in [0.15, 0.2) is 0 Å². The first kappa shape index (κ1) is 16.8. The molecule has 0 saturated heterocycles. The predicted molar refractivity (Wildman–Crippen MR) is 85.8 cm³/mol. The molecular weight excluding hydrogens is 319 g/mol. The van der Waals surface area contributed by atoms with Crippen molar-refractivity contribution >= 4 is 28.3 Å². The third-order valence-corrected chi connectivity index (χ3v) is 4.24. The van der Waals surface area contributed by atoms with Crippen LogP contribution in [-0.4, -0.2) is 28.3 Å². The van der Waals surface area contributed by atoms with Gasteiger partial charge in [0, 0.05) is 22.9 Å². The van der Waals surface area contributed by atoms with E-state index in [0.717, 1.165) is 6.07 Å². The summed E-state index contributed by atoms with van der Waals surface area (Å²) < 4.78 is 24.9.